The van der Waals surface area contributed by atoms with Gasteiger partial charge in [-0.1, -0.05) is 12.1 Å². The molecule has 1 aliphatic heterocycles. The number of hydrogen-bond donors (Lipinski definition) is 0. The molecule has 5 nitrogen and oxygen atoms in total. The van der Waals surface area contributed by atoms with Gasteiger partial charge in [0.05, 0.1) is 18.6 Å². The molecule has 1 fully saturated rings. The van der Waals surface area contributed by atoms with E-state index in [0.717, 1.165) is 11.3 Å². The number of sulfone groups is 1. The Hall–Kier alpha value is -1.82. The molecule has 0 N–H and O–H groups in total. The zero-order chi connectivity index (χ0) is 15.5. The van der Waals surface area contributed by atoms with Crippen molar-refractivity contribution in [1.29, 1.82) is 0 Å². The van der Waals surface area contributed by atoms with E-state index >= 15 is 0 Å². The zero-order valence-electron chi connectivity index (χ0n) is 12.2. The maximum atomic E-state index is 12.1. The van der Waals surface area contributed by atoms with E-state index in [0.29, 0.717) is 6.42 Å². The van der Waals surface area contributed by atoms with Crippen molar-refractivity contribution in [3.05, 3.63) is 35.9 Å². The summed E-state index contributed by atoms with van der Waals surface area (Å²) in [5.74, 6) is 0.794. The van der Waals surface area contributed by atoms with Crippen LogP contribution in [0.15, 0.2) is 30.3 Å². The number of carbonyl (C=O) groups excluding carboxylic acids is 1. The highest BCUT2D eigenvalue weighted by Crippen LogP contribution is 2.17. The second kappa shape index (κ2) is 6.30. The normalized spacial score (nSPS) is 20.6. The number of nitrogens with zero attached hydrogens (tertiary/aromatic N) is 1. The monoisotopic (exact) mass is 309 g/mol. The van der Waals surface area contributed by atoms with Gasteiger partial charge in [0.15, 0.2) is 9.84 Å². The van der Waals surface area contributed by atoms with E-state index in [1.165, 1.54) is 11.0 Å². The van der Waals surface area contributed by atoms with Gasteiger partial charge in [-0.3, -0.25) is 4.79 Å². The first-order chi connectivity index (χ1) is 9.91. The van der Waals surface area contributed by atoms with E-state index in [9.17, 15) is 13.2 Å². The lowest BCUT2D eigenvalue weighted by molar-refractivity contribution is -0.126. The van der Waals surface area contributed by atoms with Crippen molar-refractivity contribution in [2.75, 3.05) is 25.7 Å². The Bertz CT molecular complexity index is 634. The summed E-state index contributed by atoms with van der Waals surface area (Å²) < 4.78 is 27.9. The average molecular weight is 309 g/mol. The fourth-order valence-electron chi connectivity index (χ4n) is 2.26. The molecule has 1 aromatic carbocycles. The Morgan fingerprint density at radius 3 is 2.52 bits per heavy atom. The van der Waals surface area contributed by atoms with Gasteiger partial charge in [0.2, 0.25) is 5.91 Å². The number of methoxy groups -OCH3 is 1. The third-order valence-electron chi connectivity index (χ3n) is 3.64. The van der Waals surface area contributed by atoms with Crippen molar-refractivity contribution in [1.82, 2.24) is 4.90 Å². The van der Waals surface area contributed by atoms with Gasteiger partial charge in [0.1, 0.15) is 5.75 Å². The molecule has 1 aliphatic rings. The van der Waals surface area contributed by atoms with Crippen molar-refractivity contribution < 1.29 is 17.9 Å². The molecule has 2 rings (SSSR count). The van der Waals surface area contributed by atoms with Gasteiger partial charge in [-0.25, -0.2) is 8.42 Å². The number of carbonyl (C=O) groups is 1. The van der Waals surface area contributed by atoms with Crippen LogP contribution in [0.2, 0.25) is 0 Å². The summed E-state index contributed by atoms with van der Waals surface area (Å²) in [6, 6.07) is 7.11. The van der Waals surface area contributed by atoms with Crippen LogP contribution in [0.25, 0.3) is 6.08 Å². The van der Waals surface area contributed by atoms with Gasteiger partial charge < -0.3 is 9.64 Å². The second-order valence-corrected chi connectivity index (χ2v) is 7.34. The van der Waals surface area contributed by atoms with Gasteiger partial charge in [-0.15, -0.1) is 0 Å². The highest BCUT2D eigenvalue weighted by Gasteiger charge is 2.31. The predicted molar refractivity (Wildman–Crippen MR) is 81.9 cm³/mol. The van der Waals surface area contributed by atoms with E-state index in [4.69, 9.17) is 4.74 Å². The van der Waals surface area contributed by atoms with Crippen molar-refractivity contribution in [2.45, 2.75) is 12.5 Å². The van der Waals surface area contributed by atoms with Crippen LogP contribution in [0, 0.1) is 0 Å². The molecule has 0 radical (unpaired) electrons. The Kier molecular flexibility index (Phi) is 4.67. The molecule has 21 heavy (non-hydrogen) atoms. The van der Waals surface area contributed by atoms with Crippen molar-refractivity contribution >= 4 is 21.8 Å². The molecule has 0 bridgehead atoms. The van der Waals surface area contributed by atoms with Crippen molar-refractivity contribution in [3.63, 3.8) is 0 Å². The molecular formula is C15H19NO4S. The number of ether oxygens (including phenoxy) is 1. The summed E-state index contributed by atoms with van der Waals surface area (Å²) >= 11 is 0. The largest absolute Gasteiger partial charge is 0.497 e. The minimum atomic E-state index is -2.98. The van der Waals surface area contributed by atoms with E-state index < -0.39 is 9.84 Å². The van der Waals surface area contributed by atoms with Gasteiger partial charge in [-0.2, -0.15) is 0 Å². The molecule has 1 saturated heterocycles. The van der Waals surface area contributed by atoms with Crippen LogP contribution in [-0.4, -0.2) is 50.9 Å². The Morgan fingerprint density at radius 2 is 2.00 bits per heavy atom. The molecule has 1 amide bonds. The number of likely N-dealkylation sites (N-methyl/N-ethyl adjacent to an activating group) is 1. The Morgan fingerprint density at radius 1 is 1.33 bits per heavy atom. The number of hydrogen-bond acceptors (Lipinski definition) is 4. The highest BCUT2D eigenvalue weighted by molar-refractivity contribution is 7.91. The smallest absolute Gasteiger partial charge is 0.246 e. The lowest BCUT2D eigenvalue weighted by Crippen LogP contribution is -2.36. The van der Waals surface area contributed by atoms with Crippen LogP contribution in [0.4, 0.5) is 0 Å². The molecule has 0 aromatic heterocycles. The quantitative estimate of drug-likeness (QED) is 0.788. The molecule has 0 unspecified atom stereocenters. The Labute approximate surface area is 125 Å². The second-order valence-electron chi connectivity index (χ2n) is 5.11. The first-order valence-electron chi connectivity index (χ1n) is 6.70. The molecule has 0 aliphatic carbocycles. The molecule has 0 saturated carbocycles. The summed E-state index contributed by atoms with van der Waals surface area (Å²) in [4.78, 5) is 13.6. The average Bonchev–Trinajstić information content (AvgIpc) is 2.84. The van der Waals surface area contributed by atoms with Crippen molar-refractivity contribution in [2.24, 2.45) is 0 Å². The predicted octanol–water partition coefficient (Wildman–Crippen LogP) is 1.35. The first kappa shape index (κ1) is 15.6. The lowest BCUT2D eigenvalue weighted by atomic mass is 10.2. The maximum Gasteiger partial charge on any atom is 0.246 e. The van der Waals surface area contributed by atoms with Crippen molar-refractivity contribution in [3.8, 4) is 5.75 Å². The standard InChI is InChI=1S/C15H19NO4S/c1-16(13-9-10-21(18,19)11-13)15(17)8-5-12-3-6-14(20-2)7-4-12/h3-8,13H,9-11H2,1-2H3/b8-5+/t13-/m0/s1. The fraction of sp³-hybridized carbons (Fsp3) is 0.400. The summed E-state index contributed by atoms with van der Waals surface area (Å²) in [6.07, 6.45) is 3.69. The van der Waals surface area contributed by atoms with Crippen LogP contribution in [0.5, 0.6) is 5.75 Å². The number of benzene rings is 1. The van der Waals surface area contributed by atoms with E-state index in [1.807, 2.05) is 24.3 Å². The summed E-state index contributed by atoms with van der Waals surface area (Å²) in [6.45, 7) is 0. The van der Waals surface area contributed by atoms with Gasteiger partial charge in [0, 0.05) is 19.2 Å². The third kappa shape index (κ3) is 4.07. The van der Waals surface area contributed by atoms with E-state index in [-0.39, 0.29) is 23.5 Å². The van der Waals surface area contributed by atoms with Crippen LogP contribution < -0.4 is 4.74 Å². The van der Waals surface area contributed by atoms with Gasteiger partial charge in [0.25, 0.3) is 0 Å². The molecule has 0 spiro atoms. The lowest BCUT2D eigenvalue weighted by Gasteiger charge is -2.21. The van der Waals surface area contributed by atoms with Crippen LogP contribution in [-0.2, 0) is 14.6 Å². The van der Waals surface area contributed by atoms with Crippen LogP contribution in [0.3, 0.4) is 0 Å². The molecule has 1 aromatic rings. The summed E-state index contributed by atoms with van der Waals surface area (Å²) in [5, 5.41) is 0. The fourth-order valence-corrected chi connectivity index (χ4v) is 4.04. The number of rotatable bonds is 4. The van der Waals surface area contributed by atoms with E-state index in [2.05, 4.69) is 0 Å². The molecule has 114 valence electrons. The Balaban J connectivity index is 1.98. The molecule has 1 atom stereocenters. The minimum Gasteiger partial charge on any atom is -0.497 e. The number of amides is 1. The summed E-state index contributed by atoms with van der Waals surface area (Å²) in [7, 11) is 0.261. The maximum absolute atomic E-state index is 12.1. The molecule has 6 heteroatoms. The van der Waals surface area contributed by atoms with Crippen LogP contribution in [0.1, 0.15) is 12.0 Å². The first-order valence-corrected chi connectivity index (χ1v) is 8.53. The topological polar surface area (TPSA) is 63.7 Å². The van der Waals surface area contributed by atoms with Gasteiger partial charge in [-0.05, 0) is 30.2 Å². The van der Waals surface area contributed by atoms with Crippen LogP contribution >= 0.6 is 0 Å². The molecular weight excluding hydrogens is 290 g/mol. The SMILES string of the molecule is COc1ccc(/C=C/C(=O)N(C)[C@H]2CCS(=O)(=O)C2)cc1. The zero-order valence-corrected chi connectivity index (χ0v) is 13.0. The third-order valence-corrected chi connectivity index (χ3v) is 5.39. The highest BCUT2D eigenvalue weighted by atomic mass is 32.2. The minimum absolute atomic E-state index is 0.0611. The molecule has 1 heterocycles. The van der Waals surface area contributed by atoms with Gasteiger partial charge >= 0.3 is 0 Å². The van der Waals surface area contributed by atoms with E-state index in [1.54, 1.807) is 20.2 Å². The summed E-state index contributed by atoms with van der Waals surface area (Å²) in [5.41, 5.74) is 0.886.